The summed E-state index contributed by atoms with van der Waals surface area (Å²) in [6, 6.07) is 0.428. The number of nitrogens with one attached hydrogen (secondary N) is 2. The van der Waals surface area contributed by atoms with Gasteiger partial charge in [0.2, 0.25) is 5.91 Å². The minimum absolute atomic E-state index is 0.107. The normalized spacial score (nSPS) is 41.7. The van der Waals surface area contributed by atoms with Crippen molar-refractivity contribution in [3.05, 3.63) is 0 Å². The molecule has 26 heavy (non-hydrogen) atoms. The summed E-state index contributed by atoms with van der Waals surface area (Å²) >= 11 is 5.53. The maximum Gasteiger partial charge on any atom is 0.232 e. The lowest BCUT2D eigenvalue weighted by Crippen LogP contribution is -2.56. The predicted octanol–water partition coefficient (Wildman–Crippen LogP) is 4.80. The fourth-order valence-electron chi connectivity index (χ4n) is 6.95. The van der Waals surface area contributed by atoms with Gasteiger partial charge in [0.15, 0.2) is 5.11 Å². The van der Waals surface area contributed by atoms with E-state index in [9.17, 15) is 4.79 Å². The van der Waals surface area contributed by atoms with Crippen LogP contribution in [0.15, 0.2) is 0 Å². The lowest BCUT2D eigenvalue weighted by Gasteiger charge is -2.55. The first-order valence-corrected chi connectivity index (χ1v) is 11.3. The molecule has 0 radical (unpaired) electrons. The van der Waals surface area contributed by atoms with E-state index in [1.54, 1.807) is 0 Å². The summed E-state index contributed by atoms with van der Waals surface area (Å²) in [5.41, 5.74) is 0.294. The van der Waals surface area contributed by atoms with Crippen LogP contribution in [0.4, 0.5) is 0 Å². The van der Waals surface area contributed by atoms with Gasteiger partial charge in [0.25, 0.3) is 0 Å². The second-order valence-electron chi connectivity index (χ2n) is 11.0. The van der Waals surface area contributed by atoms with Crippen molar-refractivity contribution in [2.45, 2.75) is 91.0 Å². The van der Waals surface area contributed by atoms with E-state index in [0.29, 0.717) is 16.6 Å². The highest BCUT2D eigenvalue weighted by atomic mass is 32.1. The molecule has 0 aromatic rings. The zero-order chi connectivity index (χ0) is 18.5. The van der Waals surface area contributed by atoms with Gasteiger partial charge >= 0.3 is 0 Å². The molecule has 0 saturated heterocycles. The standard InChI is InChI=1S/C22H36N2OS/c1-21(2,3)17-4-6-18(7-5-17)23-20(26)24-19(25)22-11-14-8-15(12-22)10-16(9-14)13-22/h14-18H,4-13H2,1-3H3,(H2,23,24,25,26). The van der Waals surface area contributed by atoms with Crippen LogP contribution in [0.5, 0.6) is 0 Å². The molecule has 146 valence electrons. The summed E-state index contributed by atoms with van der Waals surface area (Å²) in [6.45, 7) is 7.05. The number of hydrogen-bond donors (Lipinski definition) is 2. The Bertz CT molecular complexity index is 536. The average Bonchev–Trinajstić information content (AvgIpc) is 2.53. The third kappa shape index (κ3) is 3.68. The van der Waals surface area contributed by atoms with Crippen molar-refractivity contribution in [1.29, 1.82) is 0 Å². The van der Waals surface area contributed by atoms with Gasteiger partial charge in [0, 0.05) is 6.04 Å². The van der Waals surface area contributed by atoms with Crippen LogP contribution in [0.2, 0.25) is 0 Å². The summed E-state index contributed by atoms with van der Waals surface area (Å²) < 4.78 is 0. The van der Waals surface area contributed by atoms with Gasteiger partial charge in [-0.1, -0.05) is 20.8 Å². The Labute approximate surface area is 164 Å². The smallest absolute Gasteiger partial charge is 0.232 e. The molecule has 0 aliphatic heterocycles. The van der Waals surface area contributed by atoms with E-state index in [1.807, 2.05) is 0 Å². The third-order valence-electron chi connectivity index (χ3n) is 8.03. The molecule has 0 aromatic heterocycles. The summed E-state index contributed by atoms with van der Waals surface area (Å²) in [5.74, 6) is 3.40. The molecule has 0 unspecified atom stereocenters. The molecule has 1 amide bonds. The molecule has 5 rings (SSSR count). The topological polar surface area (TPSA) is 41.1 Å². The van der Waals surface area contributed by atoms with Crippen LogP contribution in [-0.4, -0.2) is 17.1 Å². The van der Waals surface area contributed by atoms with E-state index in [2.05, 4.69) is 31.4 Å². The van der Waals surface area contributed by atoms with E-state index in [4.69, 9.17) is 12.2 Å². The van der Waals surface area contributed by atoms with Gasteiger partial charge in [0.05, 0.1) is 5.41 Å². The quantitative estimate of drug-likeness (QED) is 0.680. The zero-order valence-corrected chi connectivity index (χ0v) is 17.6. The molecule has 2 N–H and O–H groups in total. The lowest BCUT2D eigenvalue weighted by atomic mass is 9.49. The Morgan fingerprint density at radius 1 is 0.923 bits per heavy atom. The van der Waals surface area contributed by atoms with Gasteiger partial charge in [-0.15, -0.1) is 0 Å². The zero-order valence-electron chi connectivity index (χ0n) is 16.8. The largest absolute Gasteiger partial charge is 0.360 e. The molecule has 4 bridgehead atoms. The van der Waals surface area contributed by atoms with E-state index in [-0.39, 0.29) is 11.3 Å². The molecule has 0 heterocycles. The van der Waals surface area contributed by atoms with E-state index in [0.717, 1.165) is 55.8 Å². The predicted molar refractivity (Wildman–Crippen MR) is 110 cm³/mol. The number of carbonyl (C=O) groups is 1. The van der Waals surface area contributed by atoms with Crippen LogP contribution in [0.1, 0.15) is 85.0 Å². The van der Waals surface area contributed by atoms with Crippen LogP contribution >= 0.6 is 12.2 Å². The summed E-state index contributed by atoms with van der Waals surface area (Å²) in [6.07, 6.45) is 12.2. The highest BCUT2D eigenvalue weighted by Gasteiger charge is 2.54. The molecule has 5 aliphatic rings. The number of thiocarbonyl (C=S) groups is 1. The third-order valence-corrected chi connectivity index (χ3v) is 8.25. The first kappa shape index (κ1) is 18.7. The Hall–Kier alpha value is -0.640. The van der Waals surface area contributed by atoms with E-state index < -0.39 is 0 Å². The first-order valence-electron chi connectivity index (χ1n) is 10.9. The van der Waals surface area contributed by atoms with Crippen molar-refractivity contribution in [2.75, 3.05) is 0 Å². The van der Waals surface area contributed by atoms with Crippen LogP contribution in [0.3, 0.4) is 0 Å². The van der Waals surface area contributed by atoms with Gasteiger partial charge in [-0.3, -0.25) is 4.79 Å². The highest BCUT2D eigenvalue weighted by Crippen LogP contribution is 2.60. The van der Waals surface area contributed by atoms with Crippen molar-refractivity contribution >= 4 is 23.2 Å². The minimum Gasteiger partial charge on any atom is -0.360 e. The van der Waals surface area contributed by atoms with Crippen LogP contribution in [0, 0.1) is 34.5 Å². The van der Waals surface area contributed by atoms with Crippen molar-refractivity contribution in [2.24, 2.45) is 34.5 Å². The molecule has 5 saturated carbocycles. The summed E-state index contributed by atoms with van der Waals surface area (Å²) in [7, 11) is 0. The maximum absolute atomic E-state index is 13.1. The molecule has 0 atom stereocenters. The second kappa shape index (κ2) is 6.76. The van der Waals surface area contributed by atoms with Crippen LogP contribution in [0.25, 0.3) is 0 Å². The maximum atomic E-state index is 13.1. The molecule has 3 nitrogen and oxygen atoms in total. The van der Waals surface area contributed by atoms with Gasteiger partial charge in [-0.05, 0) is 106 Å². The fourth-order valence-corrected chi connectivity index (χ4v) is 7.21. The van der Waals surface area contributed by atoms with Crippen molar-refractivity contribution in [1.82, 2.24) is 10.6 Å². The van der Waals surface area contributed by atoms with Gasteiger partial charge in [-0.2, -0.15) is 0 Å². The molecule has 5 fully saturated rings. The van der Waals surface area contributed by atoms with Crippen LogP contribution in [-0.2, 0) is 4.79 Å². The van der Waals surface area contributed by atoms with Gasteiger partial charge < -0.3 is 10.6 Å². The number of amides is 1. The lowest BCUT2D eigenvalue weighted by molar-refractivity contribution is -0.144. The molecular weight excluding hydrogens is 340 g/mol. The van der Waals surface area contributed by atoms with Crippen LogP contribution < -0.4 is 10.6 Å². The molecule has 5 aliphatic carbocycles. The fraction of sp³-hybridized carbons (Fsp3) is 0.909. The first-order chi connectivity index (χ1) is 12.2. The van der Waals surface area contributed by atoms with Crippen molar-refractivity contribution in [3.8, 4) is 0 Å². The number of rotatable bonds is 2. The Kier molecular flexibility index (Phi) is 4.86. The number of hydrogen-bond acceptors (Lipinski definition) is 2. The summed E-state index contributed by atoms with van der Waals surface area (Å²) in [4.78, 5) is 13.1. The average molecular weight is 377 g/mol. The Morgan fingerprint density at radius 3 is 1.88 bits per heavy atom. The molecule has 0 aromatic carbocycles. The van der Waals surface area contributed by atoms with E-state index >= 15 is 0 Å². The Balaban J connectivity index is 1.28. The van der Waals surface area contributed by atoms with E-state index in [1.165, 1.54) is 32.1 Å². The Morgan fingerprint density at radius 2 is 1.42 bits per heavy atom. The SMILES string of the molecule is CC(C)(C)C1CCC(NC(=S)NC(=O)C23CC4CC(CC(C4)C2)C3)CC1. The van der Waals surface area contributed by atoms with Crippen molar-refractivity contribution in [3.63, 3.8) is 0 Å². The van der Waals surface area contributed by atoms with Crippen molar-refractivity contribution < 1.29 is 4.79 Å². The number of carbonyl (C=O) groups excluding carboxylic acids is 1. The molecule has 4 heteroatoms. The molecule has 0 spiro atoms. The second-order valence-corrected chi connectivity index (χ2v) is 11.4. The summed E-state index contributed by atoms with van der Waals surface area (Å²) in [5, 5.41) is 7.13. The van der Waals surface area contributed by atoms with Gasteiger partial charge in [0.1, 0.15) is 0 Å². The monoisotopic (exact) mass is 376 g/mol. The highest BCUT2D eigenvalue weighted by molar-refractivity contribution is 7.80. The minimum atomic E-state index is -0.107. The molecular formula is C22H36N2OS. The van der Waals surface area contributed by atoms with Gasteiger partial charge in [-0.25, -0.2) is 0 Å².